The molecule has 0 aliphatic carbocycles. The number of hydrogen-bond donors (Lipinski definition) is 2. The zero-order valence-electron chi connectivity index (χ0n) is 18.1. The topological polar surface area (TPSA) is 85.2 Å². The van der Waals surface area contributed by atoms with E-state index in [0.29, 0.717) is 16.6 Å². The summed E-state index contributed by atoms with van der Waals surface area (Å²) in [6.45, 7) is 5.93. The van der Waals surface area contributed by atoms with Gasteiger partial charge in [0, 0.05) is 18.1 Å². The number of carbonyl (C=O) groups excluding carboxylic acids is 2. The number of imidazole rings is 1. The minimum atomic E-state index is -0.320. The van der Waals surface area contributed by atoms with Gasteiger partial charge in [-0.05, 0) is 61.7 Å². The first-order valence-corrected chi connectivity index (χ1v) is 10.8. The van der Waals surface area contributed by atoms with Crippen LogP contribution < -0.4 is 15.4 Å². The number of nitrogens with zero attached hydrogens (tertiary/aromatic N) is 2. The van der Waals surface area contributed by atoms with Gasteiger partial charge in [-0.25, -0.2) is 4.98 Å². The molecule has 0 saturated carbocycles. The summed E-state index contributed by atoms with van der Waals surface area (Å²) < 4.78 is 7.20. The average Bonchev–Trinajstić information content (AvgIpc) is 3.21. The van der Waals surface area contributed by atoms with Gasteiger partial charge in [-0.3, -0.25) is 14.2 Å². The number of benzene rings is 2. The number of methoxy groups -OCH3 is 1. The van der Waals surface area contributed by atoms with Crippen molar-refractivity contribution in [3.63, 3.8) is 0 Å². The number of amides is 2. The quantitative estimate of drug-likeness (QED) is 0.525. The Morgan fingerprint density at radius 1 is 1.06 bits per heavy atom. The molecule has 2 amide bonds. The van der Waals surface area contributed by atoms with Crippen LogP contribution >= 0.6 is 11.8 Å². The number of thioether (sulfide) groups is 1. The van der Waals surface area contributed by atoms with Crippen LogP contribution in [0.25, 0.3) is 5.69 Å². The predicted octanol–water partition coefficient (Wildman–Crippen LogP) is 3.65. The molecule has 1 aromatic heterocycles. The molecule has 3 aromatic rings. The van der Waals surface area contributed by atoms with E-state index in [2.05, 4.69) is 41.6 Å². The van der Waals surface area contributed by atoms with E-state index in [9.17, 15) is 9.59 Å². The molecule has 0 atom stereocenters. The molecule has 0 radical (unpaired) electrons. The summed E-state index contributed by atoms with van der Waals surface area (Å²) in [5, 5.41) is 6.12. The van der Waals surface area contributed by atoms with Crippen molar-refractivity contribution in [2.45, 2.75) is 25.9 Å². The first-order chi connectivity index (χ1) is 14.9. The average molecular weight is 439 g/mol. The van der Waals surface area contributed by atoms with Crippen LogP contribution in [0.4, 0.5) is 5.69 Å². The van der Waals surface area contributed by atoms with Gasteiger partial charge in [0.25, 0.3) is 0 Å². The van der Waals surface area contributed by atoms with E-state index in [1.54, 1.807) is 19.4 Å². The SMILES string of the molecule is COc1ccc(C)cc1NC(=O)CNC(=O)CSc1nccn1-c1ccc(C)c(C)c1. The Bertz CT molecular complexity index is 1090. The largest absolute Gasteiger partial charge is 0.495 e. The summed E-state index contributed by atoms with van der Waals surface area (Å²) in [5.74, 6) is 0.159. The Labute approximate surface area is 186 Å². The Hall–Kier alpha value is -3.26. The van der Waals surface area contributed by atoms with Crippen molar-refractivity contribution in [3.05, 3.63) is 65.5 Å². The Kier molecular flexibility index (Phi) is 7.36. The van der Waals surface area contributed by atoms with Crippen molar-refractivity contribution in [2.24, 2.45) is 0 Å². The lowest BCUT2D eigenvalue weighted by molar-refractivity contribution is -0.122. The lowest BCUT2D eigenvalue weighted by Gasteiger charge is -2.12. The molecule has 3 rings (SSSR count). The fourth-order valence-corrected chi connectivity index (χ4v) is 3.75. The van der Waals surface area contributed by atoms with Gasteiger partial charge in [-0.1, -0.05) is 23.9 Å². The molecule has 8 heteroatoms. The van der Waals surface area contributed by atoms with Gasteiger partial charge in [-0.2, -0.15) is 0 Å². The molecule has 0 bridgehead atoms. The summed E-state index contributed by atoms with van der Waals surface area (Å²) in [4.78, 5) is 28.8. The minimum absolute atomic E-state index is 0.123. The molecule has 162 valence electrons. The van der Waals surface area contributed by atoms with Gasteiger partial charge in [0.1, 0.15) is 5.75 Å². The van der Waals surface area contributed by atoms with Crippen LogP contribution in [0.2, 0.25) is 0 Å². The smallest absolute Gasteiger partial charge is 0.243 e. The number of aryl methyl sites for hydroxylation is 3. The van der Waals surface area contributed by atoms with Gasteiger partial charge in [0.2, 0.25) is 11.8 Å². The van der Waals surface area contributed by atoms with E-state index in [0.717, 1.165) is 11.3 Å². The molecular weight excluding hydrogens is 412 g/mol. The standard InChI is InChI=1S/C23H26N4O3S/c1-15-5-8-20(30-4)19(11-15)26-21(28)13-25-22(29)14-31-23-24-9-10-27(23)18-7-6-16(2)17(3)12-18/h5-12H,13-14H2,1-4H3,(H,25,29)(H,26,28). The molecule has 2 aromatic carbocycles. The Balaban J connectivity index is 1.52. The fraction of sp³-hybridized carbons (Fsp3) is 0.261. The van der Waals surface area contributed by atoms with Crippen LogP contribution in [0.1, 0.15) is 16.7 Å². The fourth-order valence-electron chi connectivity index (χ4n) is 2.94. The van der Waals surface area contributed by atoms with Gasteiger partial charge >= 0.3 is 0 Å². The zero-order valence-corrected chi connectivity index (χ0v) is 18.9. The summed E-state index contributed by atoms with van der Waals surface area (Å²) in [5.41, 5.74) is 4.98. The van der Waals surface area contributed by atoms with Gasteiger partial charge < -0.3 is 15.4 Å². The Morgan fingerprint density at radius 3 is 2.61 bits per heavy atom. The monoisotopic (exact) mass is 438 g/mol. The van der Waals surface area contributed by atoms with Crippen LogP contribution in [0.3, 0.4) is 0 Å². The maximum atomic E-state index is 12.2. The lowest BCUT2D eigenvalue weighted by atomic mass is 10.1. The molecule has 31 heavy (non-hydrogen) atoms. The third-order valence-corrected chi connectivity index (χ3v) is 5.75. The van der Waals surface area contributed by atoms with Crippen molar-refractivity contribution >= 4 is 29.3 Å². The summed E-state index contributed by atoms with van der Waals surface area (Å²) in [6, 6.07) is 11.7. The van der Waals surface area contributed by atoms with Crippen molar-refractivity contribution in [1.82, 2.24) is 14.9 Å². The van der Waals surface area contributed by atoms with Crippen molar-refractivity contribution in [1.29, 1.82) is 0 Å². The van der Waals surface area contributed by atoms with Gasteiger partial charge in [-0.15, -0.1) is 0 Å². The second kappa shape index (κ2) is 10.2. The molecule has 0 fully saturated rings. The molecule has 0 spiro atoms. The van der Waals surface area contributed by atoms with Crippen LogP contribution in [-0.2, 0) is 9.59 Å². The molecule has 0 aliphatic heterocycles. The van der Waals surface area contributed by atoms with Crippen LogP contribution in [-0.4, -0.2) is 40.8 Å². The first-order valence-electron chi connectivity index (χ1n) is 9.82. The van der Waals surface area contributed by atoms with E-state index in [-0.39, 0.29) is 24.1 Å². The highest BCUT2D eigenvalue weighted by molar-refractivity contribution is 7.99. The summed E-state index contributed by atoms with van der Waals surface area (Å²) in [7, 11) is 1.54. The minimum Gasteiger partial charge on any atom is -0.495 e. The number of rotatable bonds is 8. The number of carbonyl (C=O) groups is 2. The molecular formula is C23H26N4O3S. The van der Waals surface area contributed by atoms with E-state index in [1.165, 1.54) is 22.9 Å². The number of hydrogen-bond acceptors (Lipinski definition) is 5. The number of ether oxygens (including phenoxy) is 1. The second-order valence-electron chi connectivity index (χ2n) is 7.17. The summed E-state index contributed by atoms with van der Waals surface area (Å²) in [6.07, 6.45) is 3.57. The highest BCUT2D eigenvalue weighted by Gasteiger charge is 2.12. The van der Waals surface area contributed by atoms with E-state index in [4.69, 9.17) is 4.74 Å². The molecule has 2 N–H and O–H groups in total. The maximum absolute atomic E-state index is 12.2. The highest BCUT2D eigenvalue weighted by Crippen LogP contribution is 2.25. The molecule has 0 aliphatic rings. The molecule has 7 nitrogen and oxygen atoms in total. The van der Waals surface area contributed by atoms with Gasteiger partial charge in [0.15, 0.2) is 5.16 Å². The number of anilines is 1. The predicted molar refractivity (Wildman–Crippen MR) is 123 cm³/mol. The van der Waals surface area contributed by atoms with Crippen LogP contribution in [0, 0.1) is 20.8 Å². The molecule has 0 unspecified atom stereocenters. The normalized spacial score (nSPS) is 10.6. The lowest BCUT2D eigenvalue weighted by Crippen LogP contribution is -2.34. The third kappa shape index (κ3) is 5.88. The van der Waals surface area contributed by atoms with Crippen molar-refractivity contribution in [2.75, 3.05) is 24.7 Å². The molecule has 0 saturated heterocycles. The van der Waals surface area contributed by atoms with Gasteiger partial charge in [0.05, 0.1) is 25.1 Å². The first kappa shape index (κ1) is 22.4. The van der Waals surface area contributed by atoms with E-state index < -0.39 is 0 Å². The zero-order chi connectivity index (χ0) is 22.4. The van der Waals surface area contributed by atoms with Crippen LogP contribution in [0.15, 0.2) is 53.9 Å². The summed E-state index contributed by atoms with van der Waals surface area (Å²) >= 11 is 1.32. The third-order valence-electron chi connectivity index (χ3n) is 4.78. The van der Waals surface area contributed by atoms with Crippen LogP contribution in [0.5, 0.6) is 5.75 Å². The van der Waals surface area contributed by atoms with Crippen molar-refractivity contribution < 1.29 is 14.3 Å². The maximum Gasteiger partial charge on any atom is 0.243 e. The van der Waals surface area contributed by atoms with E-state index >= 15 is 0 Å². The van der Waals surface area contributed by atoms with E-state index in [1.807, 2.05) is 35.9 Å². The second-order valence-corrected chi connectivity index (χ2v) is 8.11. The molecule has 1 heterocycles. The number of aromatic nitrogens is 2. The number of nitrogens with one attached hydrogen (secondary N) is 2. The Morgan fingerprint density at radius 2 is 1.87 bits per heavy atom. The highest BCUT2D eigenvalue weighted by atomic mass is 32.2. The van der Waals surface area contributed by atoms with Crippen molar-refractivity contribution in [3.8, 4) is 11.4 Å².